The maximum Gasteiger partial charge on any atom is 0.0574 e. The minimum absolute atomic E-state index is 0.283. The fourth-order valence-corrected chi connectivity index (χ4v) is 2.99. The normalized spacial score (nSPS) is 16.7. The fourth-order valence-electron chi connectivity index (χ4n) is 2.99. The summed E-state index contributed by atoms with van der Waals surface area (Å²) in [6.07, 6.45) is 4.13. The van der Waals surface area contributed by atoms with E-state index in [0.29, 0.717) is 0 Å². The van der Waals surface area contributed by atoms with Crippen molar-refractivity contribution in [3.05, 3.63) is 70.8 Å². The van der Waals surface area contributed by atoms with Crippen LogP contribution in [0.5, 0.6) is 0 Å². The van der Waals surface area contributed by atoms with Gasteiger partial charge in [0, 0.05) is 0 Å². The summed E-state index contributed by atoms with van der Waals surface area (Å²) in [5.74, 6) is 0.816. The second-order valence-corrected chi connectivity index (χ2v) is 5.93. The SMILES string of the molecule is CNC(c1ccc(C)cc1)c1ccc(C2CCC2)cc1. The average Bonchev–Trinajstić information content (AvgIpc) is 2.42. The summed E-state index contributed by atoms with van der Waals surface area (Å²) in [5, 5.41) is 3.43. The van der Waals surface area contributed by atoms with E-state index in [1.54, 1.807) is 0 Å². The van der Waals surface area contributed by atoms with Crippen LogP contribution in [-0.2, 0) is 0 Å². The van der Waals surface area contributed by atoms with Crippen molar-refractivity contribution in [2.75, 3.05) is 7.05 Å². The Kier molecular flexibility index (Phi) is 3.88. The third-order valence-electron chi connectivity index (χ3n) is 4.55. The zero-order valence-electron chi connectivity index (χ0n) is 12.4. The van der Waals surface area contributed by atoms with E-state index in [9.17, 15) is 0 Å². The zero-order chi connectivity index (χ0) is 13.9. The van der Waals surface area contributed by atoms with E-state index in [0.717, 1.165) is 5.92 Å². The zero-order valence-corrected chi connectivity index (χ0v) is 12.4. The third-order valence-corrected chi connectivity index (χ3v) is 4.55. The van der Waals surface area contributed by atoms with Crippen molar-refractivity contribution in [2.45, 2.75) is 38.1 Å². The summed E-state index contributed by atoms with van der Waals surface area (Å²) in [5.41, 5.74) is 5.50. The molecule has 1 nitrogen and oxygen atoms in total. The van der Waals surface area contributed by atoms with Crippen LogP contribution in [0.4, 0.5) is 0 Å². The highest BCUT2D eigenvalue weighted by Gasteiger charge is 2.19. The van der Waals surface area contributed by atoms with Gasteiger partial charge in [-0.2, -0.15) is 0 Å². The first-order valence-corrected chi connectivity index (χ1v) is 7.61. The van der Waals surface area contributed by atoms with E-state index in [1.807, 2.05) is 7.05 Å². The lowest BCUT2D eigenvalue weighted by molar-refractivity contribution is 0.419. The van der Waals surface area contributed by atoms with E-state index >= 15 is 0 Å². The quantitative estimate of drug-likeness (QED) is 0.853. The number of nitrogens with one attached hydrogen (secondary N) is 1. The maximum absolute atomic E-state index is 3.43. The standard InChI is InChI=1S/C19H23N/c1-14-6-8-17(9-7-14)19(20-2)18-12-10-16(11-13-18)15-4-3-5-15/h6-13,15,19-20H,3-5H2,1-2H3. The monoisotopic (exact) mass is 265 g/mol. The first kappa shape index (κ1) is 13.4. The molecule has 1 unspecified atom stereocenters. The molecule has 3 rings (SSSR count). The van der Waals surface area contributed by atoms with Crippen molar-refractivity contribution < 1.29 is 0 Å². The molecule has 0 aliphatic heterocycles. The maximum atomic E-state index is 3.43. The van der Waals surface area contributed by atoms with Crippen molar-refractivity contribution in [3.63, 3.8) is 0 Å². The molecule has 1 saturated carbocycles. The number of hydrogen-bond acceptors (Lipinski definition) is 1. The van der Waals surface area contributed by atoms with E-state index in [4.69, 9.17) is 0 Å². The van der Waals surface area contributed by atoms with Gasteiger partial charge in [0.15, 0.2) is 0 Å². The Balaban J connectivity index is 1.83. The number of hydrogen-bond donors (Lipinski definition) is 1. The summed E-state index contributed by atoms with van der Waals surface area (Å²) >= 11 is 0. The Bertz CT molecular complexity index is 549. The van der Waals surface area contributed by atoms with Crippen molar-refractivity contribution >= 4 is 0 Å². The lowest BCUT2D eigenvalue weighted by Gasteiger charge is -2.26. The first-order chi connectivity index (χ1) is 9.78. The van der Waals surface area contributed by atoms with Crippen molar-refractivity contribution in [3.8, 4) is 0 Å². The highest BCUT2D eigenvalue weighted by Crippen LogP contribution is 2.36. The molecule has 1 fully saturated rings. The van der Waals surface area contributed by atoms with Crippen LogP contribution in [0.15, 0.2) is 48.5 Å². The highest BCUT2D eigenvalue weighted by atomic mass is 14.9. The number of aryl methyl sites for hydroxylation is 1. The van der Waals surface area contributed by atoms with Crippen LogP contribution in [0, 0.1) is 6.92 Å². The molecule has 104 valence electrons. The number of rotatable bonds is 4. The van der Waals surface area contributed by atoms with Crippen LogP contribution in [0.25, 0.3) is 0 Å². The average molecular weight is 265 g/mol. The minimum atomic E-state index is 0.283. The van der Waals surface area contributed by atoms with Gasteiger partial charge in [0.1, 0.15) is 0 Å². The van der Waals surface area contributed by atoms with Crippen LogP contribution in [-0.4, -0.2) is 7.05 Å². The Labute approximate surface area is 122 Å². The van der Waals surface area contributed by atoms with Gasteiger partial charge in [0.2, 0.25) is 0 Å². The lowest BCUT2D eigenvalue weighted by Crippen LogP contribution is -2.18. The second-order valence-electron chi connectivity index (χ2n) is 5.93. The Morgan fingerprint density at radius 2 is 1.45 bits per heavy atom. The second kappa shape index (κ2) is 5.80. The fraction of sp³-hybridized carbons (Fsp3) is 0.368. The van der Waals surface area contributed by atoms with Gasteiger partial charge in [-0.25, -0.2) is 0 Å². The highest BCUT2D eigenvalue weighted by molar-refractivity contribution is 5.35. The molecule has 1 aliphatic carbocycles. The molecule has 2 aromatic carbocycles. The molecule has 2 aromatic rings. The van der Waals surface area contributed by atoms with Crippen LogP contribution in [0.3, 0.4) is 0 Å². The molecule has 0 saturated heterocycles. The largest absolute Gasteiger partial charge is 0.309 e. The molecule has 1 aliphatic rings. The van der Waals surface area contributed by atoms with Crippen LogP contribution in [0.2, 0.25) is 0 Å². The van der Waals surface area contributed by atoms with Crippen LogP contribution in [0.1, 0.15) is 53.5 Å². The van der Waals surface area contributed by atoms with Crippen molar-refractivity contribution in [1.82, 2.24) is 5.32 Å². The van der Waals surface area contributed by atoms with E-state index in [1.165, 1.54) is 41.5 Å². The van der Waals surface area contributed by atoms with Crippen LogP contribution >= 0.6 is 0 Å². The predicted molar refractivity (Wildman–Crippen MR) is 85.1 cm³/mol. The van der Waals surface area contributed by atoms with Crippen LogP contribution < -0.4 is 5.32 Å². The predicted octanol–water partition coefficient (Wildman–Crippen LogP) is 4.57. The smallest absolute Gasteiger partial charge is 0.0574 e. The molecular formula is C19H23N. The minimum Gasteiger partial charge on any atom is -0.309 e. The lowest BCUT2D eigenvalue weighted by atomic mass is 9.79. The van der Waals surface area contributed by atoms with Gasteiger partial charge < -0.3 is 5.32 Å². The van der Waals surface area contributed by atoms with Gasteiger partial charge in [0.25, 0.3) is 0 Å². The molecule has 0 bridgehead atoms. The molecule has 1 N–H and O–H groups in total. The Hall–Kier alpha value is -1.60. The van der Waals surface area contributed by atoms with Gasteiger partial charge in [-0.1, -0.05) is 60.5 Å². The van der Waals surface area contributed by atoms with Crippen molar-refractivity contribution in [2.24, 2.45) is 0 Å². The molecule has 20 heavy (non-hydrogen) atoms. The third kappa shape index (κ3) is 2.64. The Morgan fingerprint density at radius 1 is 0.900 bits per heavy atom. The summed E-state index contributed by atoms with van der Waals surface area (Å²) in [4.78, 5) is 0. The molecule has 0 heterocycles. The molecule has 0 amide bonds. The Morgan fingerprint density at radius 3 is 1.90 bits per heavy atom. The topological polar surface area (TPSA) is 12.0 Å². The molecule has 1 heteroatoms. The van der Waals surface area contributed by atoms with Gasteiger partial charge in [-0.15, -0.1) is 0 Å². The molecule has 1 atom stereocenters. The first-order valence-electron chi connectivity index (χ1n) is 7.61. The van der Waals surface area contributed by atoms with Gasteiger partial charge >= 0.3 is 0 Å². The number of benzene rings is 2. The summed E-state index contributed by atoms with van der Waals surface area (Å²) in [6.45, 7) is 2.13. The molecular weight excluding hydrogens is 242 g/mol. The summed E-state index contributed by atoms with van der Waals surface area (Å²) in [7, 11) is 2.03. The molecule has 0 spiro atoms. The van der Waals surface area contributed by atoms with E-state index in [2.05, 4.69) is 60.8 Å². The summed E-state index contributed by atoms with van der Waals surface area (Å²) in [6, 6.07) is 18.3. The molecule has 0 radical (unpaired) electrons. The van der Waals surface area contributed by atoms with Gasteiger partial charge in [-0.05, 0) is 49.4 Å². The van der Waals surface area contributed by atoms with E-state index in [-0.39, 0.29) is 6.04 Å². The van der Waals surface area contributed by atoms with Gasteiger partial charge in [-0.3, -0.25) is 0 Å². The summed E-state index contributed by atoms with van der Waals surface area (Å²) < 4.78 is 0. The van der Waals surface area contributed by atoms with Crippen molar-refractivity contribution in [1.29, 1.82) is 0 Å². The van der Waals surface area contributed by atoms with E-state index < -0.39 is 0 Å². The molecule has 0 aromatic heterocycles. The van der Waals surface area contributed by atoms with Gasteiger partial charge in [0.05, 0.1) is 6.04 Å².